The summed E-state index contributed by atoms with van der Waals surface area (Å²) in [6.07, 6.45) is 1.06. The quantitative estimate of drug-likeness (QED) is 0.741. The zero-order chi connectivity index (χ0) is 12.3. The van der Waals surface area contributed by atoms with Crippen molar-refractivity contribution < 1.29 is 4.39 Å². The lowest BCUT2D eigenvalue weighted by molar-refractivity contribution is 0.360. The Labute approximate surface area is 101 Å². The van der Waals surface area contributed by atoms with Gasteiger partial charge in [-0.15, -0.1) is 0 Å². The standard InChI is InChI=1S/C13H16FN3/c1-16-3-2-4-17(6-5-16)13-8-11(10-15)7-12(14)9-13/h7-9H,2-6H2,1H3. The van der Waals surface area contributed by atoms with Gasteiger partial charge in [-0.3, -0.25) is 0 Å². The van der Waals surface area contributed by atoms with E-state index in [4.69, 9.17) is 5.26 Å². The molecule has 1 aromatic carbocycles. The summed E-state index contributed by atoms with van der Waals surface area (Å²) in [6.45, 7) is 3.83. The van der Waals surface area contributed by atoms with E-state index >= 15 is 0 Å². The average molecular weight is 233 g/mol. The molecule has 3 nitrogen and oxygen atoms in total. The first-order valence-corrected chi connectivity index (χ1v) is 5.83. The van der Waals surface area contributed by atoms with Crippen LogP contribution in [0, 0.1) is 17.1 Å². The summed E-state index contributed by atoms with van der Waals surface area (Å²) in [5.41, 5.74) is 1.20. The number of nitrogens with zero attached hydrogens (tertiary/aromatic N) is 3. The molecule has 0 spiro atoms. The first-order valence-electron chi connectivity index (χ1n) is 5.83. The third-order valence-electron chi connectivity index (χ3n) is 3.10. The molecule has 1 fully saturated rings. The molecule has 0 unspecified atom stereocenters. The van der Waals surface area contributed by atoms with Crippen molar-refractivity contribution in [2.75, 3.05) is 38.1 Å². The van der Waals surface area contributed by atoms with E-state index in [1.165, 1.54) is 12.1 Å². The van der Waals surface area contributed by atoms with E-state index in [0.29, 0.717) is 5.56 Å². The third kappa shape index (κ3) is 2.95. The highest BCUT2D eigenvalue weighted by atomic mass is 19.1. The zero-order valence-electron chi connectivity index (χ0n) is 9.99. The Hall–Kier alpha value is -1.60. The van der Waals surface area contributed by atoms with Crippen molar-refractivity contribution in [1.82, 2.24) is 4.90 Å². The average Bonchev–Trinajstić information content (AvgIpc) is 2.53. The molecule has 90 valence electrons. The van der Waals surface area contributed by atoms with Crippen LogP contribution in [0.25, 0.3) is 0 Å². The first kappa shape index (κ1) is 11.9. The van der Waals surface area contributed by atoms with Gasteiger partial charge in [0, 0.05) is 25.3 Å². The summed E-state index contributed by atoms with van der Waals surface area (Å²) in [5.74, 6) is -0.336. The topological polar surface area (TPSA) is 30.3 Å². The van der Waals surface area contributed by atoms with Gasteiger partial charge in [-0.2, -0.15) is 5.26 Å². The molecule has 1 aliphatic rings. The molecule has 0 bridgehead atoms. The van der Waals surface area contributed by atoms with E-state index in [0.717, 1.165) is 38.3 Å². The lowest BCUT2D eigenvalue weighted by Crippen LogP contribution is -2.28. The van der Waals surface area contributed by atoms with Crippen molar-refractivity contribution in [3.63, 3.8) is 0 Å². The molecule has 1 aromatic rings. The van der Waals surface area contributed by atoms with E-state index < -0.39 is 0 Å². The summed E-state index contributed by atoms with van der Waals surface area (Å²) in [7, 11) is 2.09. The maximum absolute atomic E-state index is 13.4. The van der Waals surface area contributed by atoms with Crippen LogP contribution in [0.1, 0.15) is 12.0 Å². The molecule has 0 atom stereocenters. The number of hydrogen-bond acceptors (Lipinski definition) is 3. The van der Waals surface area contributed by atoms with E-state index in [2.05, 4.69) is 16.8 Å². The van der Waals surface area contributed by atoms with Gasteiger partial charge in [0.2, 0.25) is 0 Å². The second kappa shape index (κ2) is 5.15. The number of rotatable bonds is 1. The first-order chi connectivity index (χ1) is 8.19. The van der Waals surface area contributed by atoms with E-state index in [1.807, 2.05) is 6.07 Å². The number of likely N-dealkylation sites (N-methyl/N-ethyl adjacent to an activating group) is 1. The van der Waals surface area contributed by atoms with Crippen LogP contribution in [0.4, 0.5) is 10.1 Å². The molecule has 17 heavy (non-hydrogen) atoms. The molecule has 0 aliphatic carbocycles. The Morgan fingerprint density at radius 3 is 2.76 bits per heavy atom. The largest absolute Gasteiger partial charge is 0.370 e. The van der Waals surface area contributed by atoms with E-state index in [9.17, 15) is 4.39 Å². The summed E-state index contributed by atoms with van der Waals surface area (Å²) >= 11 is 0. The highest BCUT2D eigenvalue weighted by Crippen LogP contribution is 2.19. The normalized spacial score (nSPS) is 17.6. The Morgan fingerprint density at radius 1 is 1.18 bits per heavy atom. The van der Waals surface area contributed by atoms with Crippen LogP contribution >= 0.6 is 0 Å². The Bertz CT molecular complexity index is 439. The minimum absolute atomic E-state index is 0.336. The molecular weight excluding hydrogens is 217 g/mol. The second-order valence-electron chi connectivity index (χ2n) is 4.45. The second-order valence-corrected chi connectivity index (χ2v) is 4.45. The summed E-state index contributed by atoms with van der Waals surface area (Å²) in [6, 6.07) is 6.53. The number of halogens is 1. The predicted molar refractivity (Wildman–Crippen MR) is 65.4 cm³/mol. The van der Waals surface area contributed by atoms with Crippen LogP contribution in [0.15, 0.2) is 18.2 Å². The van der Waals surface area contributed by atoms with Gasteiger partial charge in [0.1, 0.15) is 5.82 Å². The van der Waals surface area contributed by atoms with Gasteiger partial charge in [-0.1, -0.05) is 0 Å². The molecule has 0 radical (unpaired) electrons. The van der Waals surface area contributed by atoms with Crippen molar-refractivity contribution in [3.05, 3.63) is 29.6 Å². The van der Waals surface area contributed by atoms with Crippen molar-refractivity contribution in [3.8, 4) is 6.07 Å². The van der Waals surface area contributed by atoms with Crippen LogP contribution in [0.5, 0.6) is 0 Å². The monoisotopic (exact) mass is 233 g/mol. The van der Waals surface area contributed by atoms with Crippen LogP contribution < -0.4 is 4.90 Å². The van der Waals surface area contributed by atoms with Crippen LogP contribution in [-0.2, 0) is 0 Å². The number of anilines is 1. The Balaban J connectivity index is 2.21. The Kier molecular flexibility index (Phi) is 3.60. The maximum Gasteiger partial charge on any atom is 0.126 e. The fourth-order valence-electron chi connectivity index (χ4n) is 2.13. The van der Waals surface area contributed by atoms with Crippen molar-refractivity contribution in [2.24, 2.45) is 0 Å². The molecule has 1 saturated heterocycles. The maximum atomic E-state index is 13.4. The number of benzene rings is 1. The van der Waals surface area contributed by atoms with Gasteiger partial charge in [0.15, 0.2) is 0 Å². The van der Waals surface area contributed by atoms with Crippen molar-refractivity contribution in [1.29, 1.82) is 5.26 Å². The van der Waals surface area contributed by atoms with Crippen LogP contribution in [0.3, 0.4) is 0 Å². The minimum Gasteiger partial charge on any atom is -0.370 e. The minimum atomic E-state index is -0.336. The van der Waals surface area contributed by atoms with Gasteiger partial charge in [-0.05, 0) is 38.2 Å². The summed E-state index contributed by atoms with van der Waals surface area (Å²) < 4.78 is 13.4. The fourth-order valence-corrected chi connectivity index (χ4v) is 2.13. The molecule has 1 heterocycles. The highest BCUT2D eigenvalue weighted by Gasteiger charge is 2.13. The summed E-state index contributed by atoms with van der Waals surface area (Å²) in [4.78, 5) is 4.41. The molecule has 0 amide bonds. The van der Waals surface area contributed by atoms with Crippen LogP contribution in [0.2, 0.25) is 0 Å². The van der Waals surface area contributed by atoms with Gasteiger partial charge >= 0.3 is 0 Å². The SMILES string of the molecule is CN1CCCN(c2cc(F)cc(C#N)c2)CC1. The molecule has 0 N–H and O–H groups in total. The molecule has 0 saturated carbocycles. The van der Waals surface area contributed by atoms with Gasteiger partial charge in [0.25, 0.3) is 0 Å². The van der Waals surface area contributed by atoms with Gasteiger partial charge in [0.05, 0.1) is 11.6 Å². The third-order valence-corrected chi connectivity index (χ3v) is 3.10. The van der Waals surface area contributed by atoms with E-state index in [-0.39, 0.29) is 5.82 Å². The molecule has 4 heteroatoms. The number of nitriles is 1. The lowest BCUT2D eigenvalue weighted by atomic mass is 10.2. The van der Waals surface area contributed by atoms with Crippen LogP contribution in [-0.4, -0.2) is 38.1 Å². The summed E-state index contributed by atoms with van der Waals surface area (Å²) in [5, 5.41) is 8.84. The van der Waals surface area contributed by atoms with Crippen molar-refractivity contribution in [2.45, 2.75) is 6.42 Å². The molecular formula is C13H16FN3. The molecule has 1 aliphatic heterocycles. The van der Waals surface area contributed by atoms with E-state index in [1.54, 1.807) is 6.07 Å². The fraction of sp³-hybridized carbons (Fsp3) is 0.462. The smallest absolute Gasteiger partial charge is 0.126 e. The Morgan fingerprint density at radius 2 is 2.00 bits per heavy atom. The zero-order valence-corrected chi connectivity index (χ0v) is 9.99. The molecule has 2 rings (SSSR count). The van der Waals surface area contributed by atoms with Gasteiger partial charge in [-0.25, -0.2) is 4.39 Å². The predicted octanol–water partition coefficient (Wildman–Crippen LogP) is 1.84. The molecule has 0 aromatic heterocycles. The number of hydrogen-bond donors (Lipinski definition) is 0. The van der Waals surface area contributed by atoms with Crippen molar-refractivity contribution >= 4 is 5.69 Å². The lowest BCUT2D eigenvalue weighted by Gasteiger charge is -2.23. The van der Waals surface area contributed by atoms with Gasteiger partial charge < -0.3 is 9.80 Å². The highest BCUT2D eigenvalue weighted by molar-refractivity contribution is 5.52.